The fourth-order valence-electron chi connectivity index (χ4n) is 0.913. The van der Waals surface area contributed by atoms with E-state index in [9.17, 15) is 9.59 Å². The van der Waals surface area contributed by atoms with Crippen LogP contribution < -0.4 is 6.15 Å². The zero-order valence-electron chi connectivity index (χ0n) is 7.14. The second-order valence-corrected chi connectivity index (χ2v) is 2.24. The van der Waals surface area contributed by atoms with E-state index in [1.807, 2.05) is 6.07 Å². The van der Waals surface area contributed by atoms with Gasteiger partial charge in [0, 0.05) is 5.56 Å². The normalized spacial score (nSPS) is 9.23. The first-order valence-corrected chi connectivity index (χ1v) is 3.54. The molecule has 3 N–H and O–H groups in total. The lowest BCUT2D eigenvalue weighted by atomic mass is 10.1. The number of hydrogen-bond acceptors (Lipinski definition) is 3. The number of hydrogen-bond donors (Lipinski definition) is 1. The van der Waals surface area contributed by atoms with Gasteiger partial charge in [0.1, 0.15) is 6.29 Å². The summed E-state index contributed by atoms with van der Waals surface area (Å²) in [5.41, 5.74) is 1.36. The first kappa shape index (κ1) is 11.3. The minimum absolute atomic E-state index is 0. The van der Waals surface area contributed by atoms with E-state index in [-0.39, 0.29) is 6.15 Å². The first-order valence-electron chi connectivity index (χ1n) is 3.54. The molecule has 0 bridgehead atoms. The van der Waals surface area contributed by atoms with Crippen molar-refractivity contribution in [3.63, 3.8) is 0 Å². The van der Waals surface area contributed by atoms with E-state index < -0.39 is 0 Å². The van der Waals surface area contributed by atoms with Crippen LogP contribution in [0.15, 0.2) is 30.3 Å². The predicted octanol–water partition coefficient (Wildman–Crippen LogP) is 1.87. The Morgan fingerprint density at radius 3 is 2.15 bits per heavy atom. The van der Waals surface area contributed by atoms with Crippen molar-refractivity contribution in [3.05, 3.63) is 41.5 Å². The maximum absolute atomic E-state index is 10.5. The van der Waals surface area contributed by atoms with Gasteiger partial charge in [-0.05, 0) is 11.6 Å². The molecule has 0 fully saturated rings. The molecule has 3 heteroatoms. The topological polar surface area (TPSA) is 69.1 Å². The molecule has 0 aliphatic carbocycles. The molecule has 1 aromatic carbocycles. The molecule has 0 aromatic heterocycles. The summed E-state index contributed by atoms with van der Waals surface area (Å²) >= 11 is 0. The second kappa shape index (κ2) is 5.85. The Hall–Kier alpha value is -1.74. The Labute approximate surface area is 76.7 Å². The van der Waals surface area contributed by atoms with Crippen molar-refractivity contribution in [2.24, 2.45) is 0 Å². The van der Waals surface area contributed by atoms with E-state index in [2.05, 4.69) is 0 Å². The van der Waals surface area contributed by atoms with Crippen LogP contribution in [0.25, 0.3) is 6.08 Å². The average Bonchev–Trinajstić information content (AvgIpc) is 2.15. The average molecular weight is 177 g/mol. The lowest BCUT2D eigenvalue weighted by Crippen LogP contribution is -1.83. The number of allylic oxidation sites excluding steroid dienone is 1. The third kappa shape index (κ3) is 3.01. The van der Waals surface area contributed by atoms with Crippen LogP contribution in [-0.2, 0) is 4.79 Å². The van der Waals surface area contributed by atoms with Gasteiger partial charge in [0.25, 0.3) is 0 Å². The minimum Gasteiger partial charge on any atom is -0.344 e. The van der Waals surface area contributed by atoms with Crippen LogP contribution in [0.2, 0.25) is 0 Å². The summed E-state index contributed by atoms with van der Waals surface area (Å²) < 4.78 is 0. The smallest absolute Gasteiger partial charge is 0.150 e. The predicted molar refractivity (Wildman–Crippen MR) is 51.9 cm³/mol. The van der Waals surface area contributed by atoms with Crippen molar-refractivity contribution in [1.82, 2.24) is 6.15 Å². The van der Waals surface area contributed by atoms with Gasteiger partial charge in [0.15, 0.2) is 6.29 Å². The largest absolute Gasteiger partial charge is 0.344 e. The zero-order chi connectivity index (χ0) is 8.81. The molecule has 0 saturated heterocycles. The number of carbonyl (C=O) groups is 2. The zero-order valence-corrected chi connectivity index (χ0v) is 7.14. The van der Waals surface area contributed by atoms with E-state index >= 15 is 0 Å². The van der Waals surface area contributed by atoms with Gasteiger partial charge in [-0.15, -0.1) is 0 Å². The molecule has 68 valence electrons. The minimum atomic E-state index is 0. The SMILES string of the molecule is N.O=CC=Cc1ccccc1C=O. The second-order valence-electron chi connectivity index (χ2n) is 2.24. The van der Waals surface area contributed by atoms with Crippen molar-refractivity contribution in [1.29, 1.82) is 0 Å². The van der Waals surface area contributed by atoms with Crippen LogP contribution in [0, 0.1) is 0 Å². The van der Waals surface area contributed by atoms with Crippen LogP contribution in [0.5, 0.6) is 0 Å². The summed E-state index contributed by atoms with van der Waals surface area (Å²) in [6.45, 7) is 0. The maximum atomic E-state index is 10.5. The van der Waals surface area contributed by atoms with Gasteiger partial charge < -0.3 is 6.15 Å². The molecular formula is C10H11NO2. The molecular weight excluding hydrogens is 166 g/mol. The van der Waals surface area contributed by atoms with Crippen molar-refractivity contribution >= 4 is 18.6 Å². The van der Waals surface area contributed by atoms with Gasteiger partial charge in [0.05, 0.1) is 0 Å². The van der Waals surface area contributed by atoms with Gasteiger partial charge in [-0.1, -0.05) is 30.3 Å². The monoisotopic (exact) mass is 177 g/mol. The van der Waals surface area contributed by atoms with Crippen LogP contribution in [0.3, 0.4) is 0 Å². The van der Waals surface area contributed by atoms with Gasteiger partial charge in [-0.3, -0.25) is 9.59 Å². The van der Waals surface area contributed by atoms with Crippen LogP contribution in [0.1, 0.15) is 15.9 Å². The molecule has 1 rings (SSSR count). The molecule has 13 heavy (non-hydrogen) atoms. The Morgan fingerprint density at radius 2 is 1.62 bits per heavy atom. The molecule has 0 amide bonds. The third-order valence-corrected chi connectivity index (χ3v) is 1.48. The molecule has 0 spiro atoms. The fourth-order valence-corrected chi connectivity index (χ4v) is 0.913. The van der Waals surface area contributed by atoms with Gasteiger partial charge in [-0.25, -0.2) is 0 Å². The third-order valence-electron chi connectivity index (χ3n) is 1.48. The van der Waals surface area contributed by atoms with Gasteiger partial charge in [-0.2, -0.15) is 0 Å². The van der Waals surface area contributed by atoms with E-state index in [0.717, 1.165) is 11.8 Å². The number of rotatable bonds is 3. The van der Waals surface area contributed by atoms with Crippen molar-refractivity contribution in [2.75, 3.05) is 0 Å². The Balaban J connectivity index is 0.00000144. The summed E-state index contributed by atoms with van der Waals surface area (Å²) in [6.07, 6.45) is 4.42. The lowest BCUT2D eigenvalue weighted by Gasteiger charge is -1.95. The summed E-state index contributed by atoms with van der Waals surface area (Å²) in [5.74, 6) is 0. The number of benzene rings is 1. The molecule has 0 atom stereocenters. The van der Waals surface area contributed by atoms with Crippen molar-refractivity contribution in [2.45, 2.75) is 0 Å². The van der Waals surface area contributed by atoms with Gasteiger partial charge >= 0.3 is 0 Å². The molecule has 0 radical (unpaired) electrons. The van der Waals surface area contributed by atoms with Crippen LogP contribution in [0.4, 0.5) is 0 Å². The maximum Gasteiger partial charge on any atom is 0.150 e. The standard InChI is InChI=1S/C10H8O2.H3N/c11-7-3-6-9-4-1-2-5-10(9)8-12;/h1-8H;1H3. The number of carbonyl (C=O) groups excluding carboxylic acids is 2. The van der Waals surface area contributed by atoms with Crippen molar-refractivity contribution < 1.29 is 9.59 Å². The molecule has 0 aliphatic rings. The fraction of sp³-hybridized carbons (Fsp3) is 0. The first-order chi connectivity index (χ1) is 5.88. The molecule has 0 aliphatic heterocycles. The van der Waals surface area contributed by atoms with Gasteiger partial charge in [0.2, 0.25) is 0 Å². The summed E-state index contributed by atoms with van der Waals surface area (Å²) in [5, 5.41) is 0. The summed E-state index contributed by atoms with van der Waals surface area (Å²) in [6, 6.07) is 7.08. The molecule has 0 unspecified atom stereocenters. The highest BCUT2D eigenvalue weighted by Gasteiger charge is 1.93. The molecule has 3 nitrogen and oxygen atoms in total. The Morgan fingerprint density at radius 1 is 1.00 bits per heavy atom. The summed E-state index contributed by atoms with van der Waals surface area (Å²) in [7, 11) is 0. The molecule has 0 heterocycles. The van der Waals surface area contributed by atoms with E-state index in [1.165, 1.54) is 6.08 Å². The lowest BCUT2D eigenvalue weighted by molar-refractivity contribution is -0.104. The quantitative estimate of drug-likeness (QED) is 0.566. The van der Waals surface area contributed by atoms with Crippen LogP contribution >= 0.6 is 0 Å². The highest BCUT2D eigenvalue weighted by atomic mass is 16.1. The molecule has 0 saturated carbocycles. The molecule has 1 aromatic rings. The summed E-state index contributed by atoms with van der Waals surface area (Å²) in [4.78, 5) is 20.5. The highest BCUT2D eigenvalue weighted by Crippen LogP contribution is 2.07. The van der Waals surface area contributed by atoms with Crippen molar-refractivity contribution in [3.8, 4) is 0 Å². The van der Waals surface area contributed by atoms with E-state index in [0.29, 0.717) is 11.8 Å². The van der Waals surface area contributed by atoms with E-state index in [1.54, 1.807) is 24.3 Å². The van der Waals surface area contributed by atoms with E-state index in [4.69, 9.17) is 0 Å². The highest BCUT2D eigenvalue weighted by molar-refractivity contribution is 5.84. The number of aldehydes is 2. The Bertz CT molecular complexity index is 318. The van der Waals surface area contributed by atoms with Crippen LogP contribution in [-0.4, -0.2) is 12.6 Å². The Kier molecular flexibility index (Phi) is 5.07.